The summed E-state index contributed by atoms with van der Waals surface area (Å²) in [4.78, 5) is 5.79. The first-order valence-corrected chi connectivity index (χ1v) is 5.28. The molecule has 1 aromatic heterocycles. The van der Waals surface area contributed by atoms with Crippen molar-refractivity contribution in [3.8, 4) is 0 Å². The minimum atomic E-state index is 0.854. The summed E-state index contributed by atoms with van der Waals surface area (Å²) in [6, 6.07) is 10.4. The maximum atomic E-state index is 4.60. The molecule has 0 amide bonds. The summed E-state index contributed by atoms with van der Waals surface area (Å²) in [5.41, 5.74) is 2.21. The SMILES string of the molecule is C1=NSc2cc3ccccc3nc2C1. The van der Waals surface area contributed by atoms with Gasteiger partial charge in [0.15, 0.2) is 0 Å². The van der Waals surface area contributed by atoms with Crippen molar-refractivity contribution >= 4 is 29.1 Å². The summed E-state index contributed by atoms with van der Waals surface area (Å²) >= 11 is 1.51. The number of para-hydroxylation sites is 1. The fraction of sp³-hybridized carbons (Fsp3) is 0.0909. The topological polar surface area (TPSA) is 25.2 Å². The Labute approximate surface area is 86.2 Å². The molecule has 0 saturated heterocycles. The summed E-state index contributed by atoms with van der Waals surface area (Å²) < 4.78 is 4.18. The van der Waals surface area contributed by atoms with Crippen molar-refractivity contribution in [2.45, 2.75) is 11.3 Å². The van der Waals surface area contributed by atoms with Crippen LogP contribution in [0.4, 0.5) is 0 Å². The van der Waals surface area contributed by atoms with Crippen LogP contribution in [0.3, 0.4) is 0 Å². The van der Waals surface area contributed by atoms with Gasteiger partial charge in [-0.15, -0.1) is 0 Å². The van der Waals surface area contributed by atoms with E-state index in [4.69, 9.17) is 0 Å². The average molecular weight is 200 g/mol. The fourth-order valence-electron chi connectivity index (χ4n) is 1.58. The number of fused-ring (bicyclic) bond motifs is 2. The second-order valence-electron chi connectivity index (χ2n) is 3.21. The van der Waals surface area contributed by atoms with E-state index in [-0.39, 0.29) is 0 Å². The van der Waals surface area contributed by atoms with E-state index in [0.717, 1.165) is 17.6 Å². The standard InChI is InChI=1S/C11H8N2S/c1-2-4-9-8(3-1)7-11-10(13-9)5-6-12-14-11/h1-4,6-7H,5H2. The Hall–Kier alpha value is -1.35. The molecule has 2 heterocycles. The fourth-order valence-corrected chi connectivity index (χ4v) is 2.26. The maximum Gasteiger partial charge on any atom is 0.0706 e. The first-order valence-electron chi connectivity index (χ1n) is 4.51. The van der Waals surface area contributed by atoms with Crippen molar-refractivity contribution in [1.29, 1.82) is 0 Å². The van der Waals surface area contributed by atoms with Gasteiger partial charge in [-0.1, -0.05) is 18.2 Å². The van der Waals surface area contributed by atoms with Gasteiger partial charge in [0.1, 0.15) is 0 Å². The van der Waals surface area contributed by atoms with Crippen molar-refractivity contribution in [2.24, 2.45) is 4.40 Å². The summed E-state index contributed by atoms with van der Waals surface area (Å²) in [6.45, 7) is 0. The van der Waals surface area contributed by atoms with Gasteiger partial charge in [0.05, 0.1) is 16.1 Å². The largest absolute Gasteiger partial charge is 0.251 e. The third-order valence-corrected chi connectivity index (χ3v) is 3.08. The van der Waals surface area contributed by atoms with Crippen molar-refractivity contribution in [3.63, 3.8) is 0 Å². The molecular formula is C11H8N2S. The lowest BCUT2D eigenvalue weighted by molar-refractivity contribution is 1.10. The second kappa shape index (κ2) is 3.10. The molecule has 3 heteroatoms. The predicted octanol–water partition coefficient (Wildman–Crippen LogP) is 2.87. The molecule has 1 aromatic carbocycles. The molecule has 0 unspecified atom stereocenters. The van der Waals surface area contributed by atoms with Crippen LogP contribution in [0, 0.1) is 0 Å². The number of hydrogen-bond acceptors (Lipinski definition) is 3. The van der Waals surface area contributed by atoms with Crippen LogP contribution in [-0.4, -0.2) is 11.2 Å². The number of nitrogens with zero attached hydrogens (tertiary/aromatic N) is 2. The lowest BCUT2D eigenvalue weighted by Gasteiger charge is -2.09. The van der Waals surface area contributed by atoms with E-state index >= 15 is 0 Å². The monoisotopic (exact) mass is 200 g/mol. The van der Waals surface area contributed by atoms with Crippen LogP contribution >= 0.6 is 11.9 Å². The Balaban J connectivity index is 2.30. The lowest BCUT2D eigenvalue weighted by Crippen LogP contribution is -1.98. The zero-order valence-corrected chi connectivity index (χ0v) is 8.29. The van der Waals surface area contributed by atoms with E-state index in [0.29, 0.717) is 0 Å². The number of rotatable bonds is 0. The van der Waals surface area contributed by atoms with Gasteiger partial charge >= 0.3 is 0 Å². The first-order chi connectivity index (χ1) is 6.93. The van der Waals surface area contributed by atoms with Crippen LogP contribution in [0.15, 0.2) is 39.6 Å². The maximum absolute atomic E-state index is 4.60. The lowest BCUT2D eigenvalue weighted by atomic mass is 10.2. The van der Waals surface area contributed by atoms with Gasteiger partial charge in [0.2, 0.25) is 0 Å². The smallest absolute Gasteiger partial charge is 0.0706 e. The quantitative estimate of drug-likeness (QED) is 0.611. The van der Waals surface area contributed by atoms with E-state index in [1.807, 2.05) is 24.4 Å². The zero-order chi connectivity index (χ0) is 9.38. The highest BCUT2D eigenvalue weighted by molar-refractivity contribution is 7.98. The van der Waals surface area contributed by atoms with Gasteiger partial charge in [0.25, 0.3) is 0 Å². The van der Waals surface area contributed by atoms with Crippen molar-refractivity contribution in [3.05, 3.63) is 36.0 Å². The van der Waals surface area contributed by atoms with Crippen LogP contribution in [0.2, 0.25) is 0 Å². The van der Waals surface area contributed by atoms with E-state index in [9.17, 15) is 0 Å². The van der Waals surface area contributed by atoms with Crippen molar-refractivity contribution in [2.75, 3.05) is 0 Å². The Bertz CT molecular complexity index is 473. The van der Waals surface area contributed by atoms with E-state index < -0.39 is 0 Å². The average Bonchev–Trinajstić information content (AvgIpc) is 2.26. The van der Waals surface area contributed by atoms with Crippen LogP contribution in [-0.2, 0) is 6.42 Å². The Morgan fingerprint density at radius 3 is 3.14 bits per heavy atom. The molecule has 0 radical (unpaired) electrons. The summed E-state index contributed by atoms with van der Waals surface area (Å²) in [6.07, 6.45) is 2.77. The molecule has 0 saturated carbocycles. The predicted molar refractivity (Wildman–Crippen MR) is 59.8 cm³/mol. The summed E-state index contributed by atoms with van der Waals surface area (Å²) in [5.74, 6) is 0. The van der Waals surface area contributed by atoms with Gasteiger partial charge in [-0.2, -0.15) is 0 Å². The zero-order valence-electron chi connectivity index (χ0n) is 7.47. The molecule has 14 heavy (non-hydrogen) atoms. The van der Waals surface area contributed by atoms with E-state index in [2.05, 4.69) is 21.5 Å². The van der Waals surface area contributed by atoms with Crippen LogP contribution in [0.1, 0.15) is 5.69 Å². The molecule has 68 valence electrons. The third kappa shape index (κ3) is 1.21. The summed E-state index contributed by atoms with van der Waals surface area (Å²) in [5, 5.41) is 1.19. The molecule has 0 spiro atoms. The van der Waals surface area contributed by atoms with Crippen LogP contribution in [0.5, 0.6) is 0 Å². The number of benzene rings is 1. The Morgan fingerprint density at radius 1 is 1.21 bits per heavy atom. The molecule has 3 rings (SSSR count). The Morgan fingerprint density at radius 2 is 2.14 bits per heavy atom. The molecule has 1 aliphatic heterocycles. The number of pyridine rings is 1. The molecule has 0 fully saturated rings. The second-order valence-corrected chi connectivity index (χ2v) is 4.04. The molecule has 2 aromatic rings. The highest BCUT2D eigenvalue weighted by Gasteiger charge is 2.09. The third-order valence-electron chi connectivity index (χ3n) is 2.27. The van der Waals surface area contributed by atoms with Gasteiger partial charge in [-0.05, 0) is 12.1 Å². The first kappa shape index (κ1) is 8.00. The highest BCUT2D eigenvalue weighted by atomic mass is 32.2. The molecule has 0 atom stereocenters. The van der Waals surface area contributed by atoms with Gasteiger partial charge in [0, 0.05) is 30.0 Å². The van der Waals surface area contributed by atoms with Crippen LogP contribution in [0.25, 0.3) is 10.9 Å². The minimum absolute atomic E-state index is 0.854. The van der Waals surface area contributed by atoms with E-state index in [1.165, 1.54) is 22.2 Å². The molecule has 0 aliphatic carbocycles. The van der Waals surface area contributed by atoms with Crippen molar-refractivity contribution < 1.29 is 0 Å². The molecule has 0 N–H and O–H groups in total. The van der Waals surface area contributed by atoms with Gasteiger partial charge in [-0.25, -0.2) is 4.40 Å². The van der Waals surface area contributed by atoms with Gasteiger partial charge in [-0.3, -0.25) is 4.98 Å². The number of hydrogen-bond donors (Lipinski definition) is 0. The molecule has 1 aliphatic rings. The molecule has 2 nitrogen and oxygen atoms in total. The normalized spacial score (nSPS) is 14.3. The highest BCUT2D eigenvalue weighted by Crippen LogP contribution is 2.28. The summed E-state index contributed by atoms with van der Waals surface area (Å²) in [7, 11) is 0. The van der Waals surface area contributed by atoms with Crippen LogP contribution < -0.4 is 0 Å². The van der Waals surface area contributed by atoms with E-state index in [1.54, 1.807) is 0 Å². The minimum Gasteiger partial charge on any atom is -0.251 e. The number of aromatic nitrogens is 1. The molecular weight excluding hydrogens is 192 g/mol. The van der Waals surface area contributed by atoms with Crippen molar-refractivity contribution in [1.82, 2.24) is 4.98 Å². The molecule has 0 bridgehead atoms. The Kier molecular flexibility index (Phi) is 1.77. The van der Waals surface area contributed by atoms with Gasteiger partial charge < -0.3 is 0 Å².